The summed E-state index contributed by atoms with van der Waals surface area (Å²) in [5, 5.41) is 0. The normalized spacial score (nSPS) is 24.5. The quantitative estimate of drug-likeness (QED) is 0.757. The van der Waals surface area contributed by atoms with E-state index in [-0.39, 0.29) is 0 Å². The molecule has 0 atom stereocenters. The summed E-state index contributed by atoms with van der Waals surface area (Å²) in [4.78, 5) is 5.22. The van der Waals surface area contributed by atoms with Gasteiger partial charge >= 0.3 is 0 Å². The average molecular weight is 330 g/mol. The summed E-state index contributed by atoms with van der Waals surface area (Å²) in [7, 11) is 0. The van der Waals surface area contributed by atoms with Crippen molar-refractivity contribution in [2.75, 3.05) is 0 Å². The lowest BCUT2D eigenvalue weighted by atomic mass is 9.78. The van der Waals surface area contributed by atoms with Crippen LogP contribution in [0.15, 0.2) is 53.7 Å². The van der Waals surface area contributed by atoms with Gasteiger partial charge in [-0.3, -0.25) is 9.71 Å². The van der Waals surface area contributed by atoms with Crippen LogP contribution >= 0.6 is 11.9 Å². The van der Waals surface area contributed by atoms with E-state index >= 15 is 0 Å². The number of hydrogen-bond donors (Lipinski definition) is 1. The summed E-state index contributed by atoms with van der Waals surface area (Å²) in [5.74, 6) is 0.516. The molecule has 1 aromatic heterocycles. The summed E-state index contributed by atoms with van der Waals surface area (Å²) < 4.78 is 17.3. The average Bonchev–Trinajstić information content (AvgIpc) is 2.57. The Kier molecular flexibility index (Phi) is 5.34. The van der Waals surface area contributed by atoms with Gasteiger partial charge in [-0.15, -0.1) is 0 Å². The molecular formula is C19H23FN2S. The Morgan fingerprint density at radius 3 is 2.43 bits per heavy atom. The smallest absolute Gasteiger partial charge is 0.108 e. The van der Waals surface area contributed by atoms with Gasteiger partial charge in [0.2, 0.25) is 0 Å². The fourth-order valence-corrected chi connectivity index (χ4v) is 3.74. The van der Waals surface area contributed by atoms with Crippen LogP contribution in [0.2, 0.25) is 0 Å². The number of rotatable bonds is 5. The second-order valence-corrected chi connectivity index (χ2v) is 7.50. The summed E-state index contributed by atoms with van der Waals surface area (Å²) in [6.07, 6.45) is 6.90. The zero-order chi connectivity index (χ0) is 16.1. The summed E-state index contributed by atoms with van der Waals surface area (Å²) >= 11 is 1.64. The molecule has 0 unspecified atom stereocenters. The van der Waals surface area contributed by atoms with E-state index in [1.165, 1.54) is 16.0 Å². The maximum Gasteiger partial charge on any atom is 0.108 e. The number of halogens is 1. The predicted molar refractivity (Wildman–Crippen MR) is 94.1 cm³/mol. The first-order valence-electron chi connectivity index (χ1n) is 8.20. The molecule has 122 valence electrons. The molecule has 1 N–H and O–H groups in total. The minimum absolute atomic E-state index is 0.516. The number of nitrogens with one attached hydrogen (secondary N) is 1. The first-order valence-corrected chi connectivity index (χ1v) is 9.01. The molecule has 2 aromatic rings. The zero-order valence-electron chi connectivity index (χ0n) is 13.5. The predicted octanol–water partition coefficient (Wildman–Crippen LogP) is 5.26. The Bertz CT molecular complexity index is 603. The molecule has 0 amide bonds. The third-order valence-corrected chi connectivity index (χ3v) is 5.39. The van der Waals surface area contributed by atoms with Gasteiger partial charge in [-0.1, -0.05) is 12.1 Å². The van der Waals surface area contributed by atoms with E-state index in [4.69, 9.17) is 0 Å². The standard InChI is InChI=1S/C19H23FN2S/c1-19(20)10-6-17(7-11-19)16-2-4-18(5-3-16)23-22-14-15-8-12-21-13-9-15/h2-5,8-9,12-13,17,22H,6-7,10-11,14H2,1H3. The first kappa shape index (κ1) is 16.5. The Hall–Kier alpha value is -1.39. The summed E-state index contributed by atoms with van der Waals surface area (Å²) in [6.45, 7) is 2.55. The SMILES string of the molecule is CC1(F)CCC(c2ccc(SNCc3ccncc3)cc2)CC1. The Balaban J connectivity index is 1.49. The van der Waals surface area contributed by atoms with Crippen molar-refractivity contribution in [2.45, 2.75) is 55.6 Å². The van der Waals surface area contributed by atoms with Crippen LogP contribution in [-0.2, 0) is 6.54 Å². The number of hydrogen-bond acceptors (Lipinski definition) is 3. The molecule has 2 nitrogen and oxygen atoms in total. The van der Waals surface area contributed by atoms with Crippen LogP contribution in [-0.4, -0.2) is 10.7 Å². The number of nitrogens with zero attached hydrogens (tertiary/aromatic N) is 1. The van der Waals surface area contributed by atoms with Crippen molar-refractivity contribution in [3.8, 4) is 0 Å². The van der Waals surface area contributed by atoms with E-state index < -0.39 is 5.67 Å². The van der Waals surface area contributed by atoms with Crippen LogP contribution < -0.4 is 4.72 Å². The first-order chi connectivity index (χ1) is 11.1. The molecular weight excluding hydrogens is 307 g/mol. The van der Waals surface area contributed by atoms with Crippen LogP contribution in [0, 0.1) is 0 Å². The lowest BCUT2D eigenvalue weighted by molar-refractivity contribution is 0.120. The minimum atomic E-state index is -0.955. The Morgan fingerprint density at radius 2 is 1.78 bits per heavy atom. The maximum atomic E-state index is 13.9. The van der Waals surface area contributed by atoms with Gasteiger partial charge in [-0.2, -0.15) is 0 Å². The van der Waals surface area contributed by atoms with E-state index in [1.807, 2.05) is 24.5 Å². The Labute approximate surface area is 142 Å². The fraction of sp³-hybridized carbons (Fsp3) is 0.421. The van der Waals surface area contributed by atoms with Crippen LogP contribution in [0.3, 0.4) is 0 Å². The topological polar surface area (TPSA) is 24.9 Å². The molecule has 1 aliphatic carbocycles. The molecule has 0 bridgehead atoms. The molecule has 23 heavy (non-hydrogen) atoms. The molecule has 0 aliphatic heterocycles. The number of pyridine rings is 1. The maximum absolute atomic E-state index is 13.9. The highest BCUT2D eigenvalue weighted by atomic mass is 32.2. The van der Waals surface area contributed by atoms with Gasteiger partial charge in [0.15, 0.2) is 0 Å². The lowest BCUT2D eigenvalue weighted by Gasteiger charge is -2.31. The van der Waals surface area contributed by atoms with Gasteiger partial charge in [0.1, 0.15) is 5.67 Å². The van der Waals surface area contributed by atoms with Crippen molar-refractivity contribution in [1.82, 2.24) is 9.71 Å². The molecule has 1 fully saturated rings. The van der Waals surface area contributed by atoms with Gasteiger partial charge in [-0.25, -0.2) is 4.39 Å². The highest BCUT2D eigenvalue weighted by Gasteiger charge is 2.31. The third-order valence-electron chi connectivity index (χ3n) is 4.60. The van der Waals surface area contributed by atoms with E-state index in [9.17, 15) is 4.39 Å². The zero-order valence-corrected chi connectivity index (χ0v) is 14.3. The van der Waals surface area contributed by atoms with E-state index in [0.29, 0.717) is 18.8 Å². The van der Waals surface area contributed by atoms with Crippen molar-refractivity contribution < 1.29 is 4.39 Å². The van der Waals surface area contributed by atoms with E-state index in [1.54, 1.807) is 18.9 Å². The minimum Gasteiger partial charge on any atom is -0.265 e. The van der Waals surface area contributed by atoms with E-state index in [0.717, 1.165) is 19.4 Å². The molecule has 0 spiro atoms. The second-order valence-electron chi connectivity index (χ2n) is 6.54. The molecule has 1 saturated carbocycles. The summed E-state index contributed by atoms with van der Waals surface area (Å²) in [6, 6.07) is 12.7. The van der Waals surface area contributed by atoms with Crippen molar-refractivity contribution >= 4 is 11.9 Å². The van der Waals surface area contributed by atoms with Crippen LogP contribution in [0.1, 0.15) is 49.7 Å². The van der Waals surface area contributed by atoms with Gasteiger partial charge in [0, 0.05) is 23.8 Å². The highest BCUT2D eigenvalue weighted by Crippen LogP contribution is 2.39. The highest BCUT2D eigenvalue weighted by molar-refractivity contribution is 7.97. The van der Waals surface area contributed by atoms with Crippen molar-refractivity contribution in [2.24, 2.45) is 0 Å². The van der Waals surface area contributed by atoms with Gasteiger partial charge in [-0.05, 0) is 85.9 Å². The van der Waals surface area contributed by atoms with Crippen LogP contribution in [0.25, 0.3) is 0 Å². The van der Waals surface area contributed by atoms with Gasteiger partial charge in [0.25, 0.3) is 0 Å². The molecule has 3 rings (SSSR count). The van der Waals surface area contributed by atoms with Crippen molar-refractivity contribution in [3.05, 3.63) is 59.9 Å². The third kappa shape index (κ3) is 4.79. The molecule has 4 heteroatoms. The molecule has 1 aromatic carbocycles. The molecule has 1 heterocycles. The fourth-order valence-electron chi connectivity index (χ4n) is 3.06. The van der Waals surface area contributed by atoms with Crippen LogP contribution in [0.5, 0.6) is 0 Å². The van der Waals surface area contributed by atoms with Gasteiger partial charge < -0.3 is 0 Å². The Morgan fingerprint density at radius 1 is 1.13 bits per heavy atom. The molecule has 1 aliphatic rings. The molecule has 0 radical (unpaired) electrons. The largest absolute Gasteiger partial charge is 0.265 e. The number of aromatic nitrogens is 1. The lowest BCUT2D eigenvalue weighted by Crippen LogP contribution is -2.24. The number of benzene rings is 1. The monoisotopic (exact) mass is 330 g/mol. The summed E-state index contributed by atoms with van der Waals surface area (Å²) in [5.41, 5.74) is 1.61. The van der Waals surface area contributed by atoms with Crippen molar-refractivity contribution in [1.29, 1.82) is 0 Å². The molecule has 0 saturated heterocycles. The van der Waals surface area contributed by atoms with Gasteiger partial charge in [0.05, 0.1) is 0 Å². The van der Waals surface area contributed by atoms with Crippen molar-refractivity contribution in [3.63, 3.8) is 0 Å². The van der Waals surface area contributed by atoms with E-state index in [2.05, 4.69) is 34.0 Å². The number of alkyl halides is 1. The second kappa shape index (κ2) is 7.45. The van der Waals surface area contributed by atoms with Crippen LogP contribution in [0.4, 0.5) is 4.39 Å².